The second-order valence-corrected chi connectivity index (χ2v) is 9.80. The van der Waals surface area contributed by atoms with E-state index in [2.05, 4.69) is 63.7 Å². The van der Waals surface area contributed by atoms with E-state index in [1.807, 2.05) is 0 Å². The molecule has 0 aromatic heterocycles. The molecule has 1 aromatic rings. The van der Waals surface area contributed by atoms with Gasteiger partial charge < -0.3 is 0 Å². The van der Waals surface area contributed by atoms with Gasteiger partial charge in [-0.3, -0.25) is 0 Å². The molecule has 1 heteroatoms. The van der Waals surface area contributed by atoms with Crippen LogP contribution >= 0.6 is 0 Å². The van der Waals surface area contributed by atoms with Gasteiger partial charge in [0.25, 0.3) is 0 Å². The van der Waals surface area contributed by atoms with Gasteiger partial charge in [0.15, 0.2) is 0 Å². The van der Waals surface area contributed by atoms with Crippen LogP contribution in [0.2, 0.25) is 12.6 Å². The van der Waals surface area contributed by atoms with E-state index in [0.29, 0.717) is 0 Å². The minimum atomic E-state index is -1.44. The largest absolute Gasteiger partial charge is 0.111 e. The number of rotatable bonds is 3. The van der Waals surface area contributed by atoms with Crippen molar-refractivity contribution in [2.24, 2.45) is 0 Å². The van der Waals surface area contributed by atoms with Gasteiger partial charge in [-0.2, -0.15) is 0 Å². The lowest BCUT2D eigenvalue weighted by Gasteiger charge is -2.29. The number of benzene rings is 1. The van der Waals surface area contributed by atoms with Crippen LogP contribution in [0.25, 0.3) is 0 Å². The standard InChI is InChI=1S/C16H22Si/c1-5-17(4,15-9-7-6-8-10-15)16-12-11-13(2)14(16)3/h6-11H,5,12H2,1-4H3. The van der Waals surface area contributed by atoms with Gasteiger partial charge in [0.05, 0.1) is 0 Å². The van der Waals surface area contributed by atoms with Crippen LogP contribution in [0.1, 0.15) is 27.2 Å². The topological polar surface area (TPSA) is 0 Å². The van der Waals surface area contributed by atoms with Crippen LogP contribution in [0.3, 0.4) is 0 Å². The van der Waals surface area contributed by atoms with Gasteiger partial charge in [-0.05, 0) is 20.3 Å². The molecule has 17 heavy (non-hydrogen) atoms. The summed E-state index contributed by atoms with van der Waals surface area (Å²) < 4.78 is 0. The normalized spacial score (nSPS) is 19.2. The quantitative estimate of drug-likeness (QED) is 0.697. The molecule has 0 spiro atoms. The fraction of sp³-hybridized carbons (Fsp3) is 0.375. The highest BCUT2D eigenvalue weighted by atomic mass is 28.3. The van der Waals surface area contributed by atoms with Crippen molar-refractivity contribution in [3.63, 3.8) is 0 Å². The van der Waals surface area contributed by atoms with Gasteiger partial charge in [-0.25, -0.2) is 0 Å². The molecular formula is C16H22Si. The van der Waals surface area contributed by atoms with Crippen LogP contribution in [0.15, 0.2) is 52.8 Å². The van der Waals surface area contributed by atoms with Gasteiger partial charge >= 0.3 is 0 Å². The molecule has 0 nitrogen and oxygen atoms in total. The first kappa shape index (κ1) is 12.4. The average Bonchev–Trinajstić information content (AvgIpc) is 2.71. The summed E-state index contributed by atoms with van der Waals surface area (Å²) in [7, 11) is -1.44. The van der Waals surface area contributed by atoms with Crippen LogP contribution in [-0.4, -0.2) is 8.07 Å². The highest BCUT2D eigenvalue weighted by Crippen LogP contribution is 2.34. The summed E-state index contributed by atoms with van der Waals surface area (Å²) in [6, 6.07) is 12.4. The maximum absolute atomic E-state index is 2.52. The molecule has 1 aromatic carbocycles. The summed E-state index contributed by atoms with van der Waals surface area (Å²) in [5.41, 5.74) is 3.05. The molecule has 0 bridgehead atoms. The third kappa shape index (κ3) is 2.04. The molecule has 0 saturated carbocycles. The number of allylic oxidation sites excluding steroid dienone is 4. The molecular weight excluding hydrogens is 220 g/mol. The highest BCUT2D eigenvalue weighted by molar-refractivity contribution is 6.96. The van der Waals surface area contributed by atoms with Crippen molar-refractivity contribution in [1.82, 2.24) is 0 Å². The fourth-order valence-electron chi connectivity index (χ4n) is 2.84. The van der Waals surface area contributed by atoms with E-state index in [4.69, 9.17) is 0 Å². The molecule has 0 radical (unpaired) electrons. The van der Waals surface area contributed by atoms with Crippen molar-refractivity contribution in [2.75, 3.05) is 0 Å². The highest BCUT2D eigenvalue weighted by Gasteiger charge is 2.34. The van der Waals surface area contributed by atoms with Crippen LogP contribution in [0.4, 0.5) is 0 Å². The molecule has 0 amide bonds. The summed E-state index contributed by atoms with van der Waals surface area (Å²) in [4.78, 5) is 0. The monoisotopic (exact) mass is 242 g/mol. The molecule has 0 N–H and O–H groups in total. The van der Waals surface area contributed by atoms with E-state index in [1.165, 1.54) is 18.0 Å². The van der Waals surface area contributed by atoms with Crippen molar-refractivity contribution < 1.29 is 0 Å². The Bertz CT molecular complexity index is 468. The van der Waals surface area contributed by atoms with E-state index in [-0.39, 0.29) is 0 Å². The molecule has 1 aliphatic rings. The Hall–Kier alpha value is -1.08. The van der Waals surface area contributed by atoms with E-state index in [0.717, 1.165) is 0 Å². The molecule has 2 rings (SSSR count). The Balaban J connectivity index is 2.47. The predicted octanol–water partition coefficient (Wildman–Crippen LogP) is 4.20. The Morgan fingerprint density at radius 2 is 1.76 bits per heavy atom. The summed E-state index contributed by atoms with van der Waals surface area (Å²) >= 11 is 0. The molecule has 0 saturated heterocycles. The van der Waals surface area contributed by atoms with Crippen LogP contribution in [0, 0.1) is 0 Å². The van der Waals surface area contributed by atoms with Gasteiger partial charge in [-0.15, -0.1) is 0 Å². The first-order valence-corrected chi connectivity index (χ1v) is 9.23. The van der Waals surface area contributed by atoms with Gasteiger partial charge in [0, 0.05) is 0 Å². The lowest BCUT2D eigenvalue weighted by atomic mass is 10.2. The SMILES string of the molecule is CC[Si](C)(C1=C(C)C(C)=CC1)c1ccccc1. The van der Waals surface area contributed by atoms with Gasteiger partial charge in [0.1, 0.15) is 8.07 Å². The maximum atomic E-state index is 2.52. The molecule has 1 aliphatic carbocycles. The Kier molecular flexibility index (Phi) is 3.39. The zero-order valence-corrected chi connectivity index (χ0v) is 12.4. The minimum absolute atomic E-state index is 1.18. The predicted molar refractivity (Wildman–Crippen MR) is 79.2 cm³/mol. The summed E-state index contributed by atoms with van der Waals surface area (Å²) in [6.07, 6.45) is 3.58. The zero-order chi connectivity index (χ0) is 12.5. The Morgan fingerprint density at radius 1 is 1.12 bits per heavy atom. The second-order valence-electron chi connectivity index (χ2n) is 5.25. The van der Waals surface area contributed by atoms with Crippen LogP contribution < -0.4 is 5.19 Å². The molecule has 0 heterocycles. The van der Waals surface area contributed by atoms with Gasteiger partial charge in [-0.1, -0.05) is 77.5 Å². The van der Waals surface area contributed by atoms with Crippen LogP contribution in [-0.2, 0) is 0 Å². The first-order chi connectivity index (χ1) is 8.09. The first-order valence-electron chi connectivity index (χ1n) is 6.52. The summed E-state index contributed by atoms with van der Waals surface area (Å²) in [5.74, 6) is 0. The fourth-order valence-corrected chi connectivity index (χ4v) is 6.53. The lowest BCUT2D eigenvalue weighted by molar-refractivity contribution is 1.27. The Morgan fingerprint density at radius 3 is 2.24 bits per heavy atom. The molecule has 1 unspecified atom stereocenters. The minimum Gasteiger partial charge on any atom is -0.0776 e. The number of hydrogen-bond donors (Lipinski definition) is 0. The average molecular weight is 242 g/mol. The van der Waals surface area contributed by atoms with Crippen LogP contribution in [0.5, 0.6) is 0 Å². The molecule has 90 valence electrons. The van der Waals surface area contributed by atoms with Crippen molar-refractivity contribution in [1.29, 1.82) is 0 Å². The number of hydrogen-bond acceptors (Lipinski definition) is 0. The second kappa shape index (κ2) is 4.65. The van der Waals surface area contributed by atoms with Crippen molar-refractivity contribution in [3.8, 4) is 0 Å². The molecule has 0 fully saturated rings. The van der Waals surface area contributed by atoms with E-state index in [9.17, 15) is 0 Å². The smallest absolute Gasteiger partial charge is 0.0776 e. The van der Waals surface area contributed by atoms with E-state index in [1.54, 1.807) is 16.0 Å². The van der Waals surface area contributed by atoms with Crippen molar-refractivity contribution in [3.05, 3.63) is 52.8 Å². The third-order valence-corrected chi connectivity index (χ3v) is 9.37. The lowest BCUT2D eigenvalue weighted by Crippen LogP contribution is -2.46. The molecule has 0 aliphatic heterocycles. The zero-order valence-electron chi connectivity index (χ0n) is 11.4. The van der Waals surface area contributed by atoms with Crippen molar-refractivity contribution >= 4 is 13.3 Å². The van der Waals surface area contributed by atoms with E-state index >= 15 is 0 Å². The Labute approximate surface area is 106 Å². The van der Waals surface area contributed by atoms with Crippen molar-refractivity contribution in [2.45, 2.75) is 39.8 Å². The summed E-state index contributed by atoms with van der Waals surface area (Å²) in [6.45, 7) is 9.43. The third-order valence-electron chi connectivity index (χ3n) is 4.44. The van der Waals surface area contributed by atoms with E-state index < -0.39 is 8.07 Å². The maximum Gasteiger partial charge on any atom is 0.111 e. The van der Waals surface area contributed by atoms with Gasteiger partial charge in [0.2, 0.25) is 0 Å². The molecule has 1 atom stereocenters. The summed E-state index contributed by atoms with van der Waals surface area (Å²) in [5, 5.41) is 3.32.